The highest BCUT2D eigenvalue weighted by atomic mass is 16.5. The molecular formula is C20H19NO. The molecule has 0 heterocycles. The minimum absolute atomic E-state index is 0.00229. The maximum atomic E-state index is 5.16. The van der Waals surface area contributed by atoms with Crippen molar-refractivity contribution in [2.24, 2.45) is 10.4 Å². The van der Waals surface area contributed by atoms with Crippen molar-refractivity contribution in [2.45, 2.75) is 19.4 Å². The number of rotatable bonds is 4. The highest BCUT2D eigenvalue weighted by molar-refractivity contribution is 5.74. The van der Waals surface area contributed by atoms with Gasteiger partial charge in [0, 0.05) is 11.8 Å². The standard InChI is InChI=1S/C20H19NO/c1-22-19-9-7-18(8-10-19)15-21-16-20(13-14-20)12-11-17-5-3-2-4-6-17/h2-10,16H,13-15H2,1H3. The van der Waals surface area contributed by atoms with Crippen LogP contribution in [0.25, 0.3) is 0 Å². The molecule has 1 aliphatic carbocycles. The maximum absolute atomic E-state index is 5.16. The van der Waals surface area contributed by atoms with Gasteiger partial charge in [0.25, 0.3) is 0 Å². The van der Waals surface area contributed by atoms with E-state index in [1.807, 2.05) is 60.8 Å². The van der Waals surface area contributed by atoms with Gasteiger partial charge < -0.3 is 4.74 Å². The van der Waals surface area contributed by atoms with Crippen molar-refractivity contribution in [3.63, 3.8) is 0 Å². The summed E-state index contributed by atoms with van der Waals surface area (Å²) in [7, 11) is 1.68. The molecule has 0 bridgehead atoms. The first-order chi connectivity index (χ1) is 10.8. The second kappa shape index (κ2) is 6.49. The first kappa shape index (κ1) is 14.4. The van der Waals surface area contributed by atoms with Gasteiger partial charge in [0.2, 0.25) is 0 Å². The quantitative estimate of drug-likeness (QED) is 0.613. The zero-order chi connectivity index (χ0) is 15.3. The van der Waals surface area contributed by atoms with Crippen molar-refractivity contribution >= 4 is 6.21 Å². The van der Waals surface area contributed by atoms with Crippen LogP contribution in [0.15, 0.2) is 59.6 Å². The third kappa shape index (κ3) is 3.77. The summed E-state index contributed by atoms with van der Waals surface area (Å²) in [5, 5.41) is 0. The van der Waals surface area contributed by atoms with Crippen LogP contribution in [0.3, 0.4) is 0 Å². The topological polar surface area (TPSA) is 21.6 Å². The molecule has 110 valence electrons. The van der Waals surface area contributed by atoms with E-state index in [4.69, 9.17) is 4.74 Å². The molecule has 2 nitrogen and oxygen atoms in total. The van der Waals surface area contributed by atoms with E-state index >= 15 is 0 Å². The second-order valence-corrected chi connectivity index (χ2v) is 5.59. The Hall–Kier alpha value is -2.53. The van der Waals surface area contributed by atoms with Crippen molar-refractivity contribution < 1.29 is 4.74 Å². The fourth-order valence-electron chi connectivity index (χ4n) is 2.20. The highest BCUT2D eigenvalue weighted by Gasteiger charge is 2.39. The number of aliphatic imine (C=N–C) groups is 1. The molecule has 0 radical (unpaired) electrons. The number of ether oxygens (including phenoxy) is 1. The lowest BCUT2D eigenvalue weighted by atomic mass is 10.1. The molecule has 0 spiro atoms. The van der Waals surface area contributed by atoms with Gasteiger partial charge in [0.15, 0.2) is 0 Å². The summed E-state index contributed by atoms with van der Waals surface area (Å²) >= 11 is 0. The summed E-state index contributed by atoms with van der Waals surface area (Å²) in [5.41, 5.74) is 2.25. The molecule has 1 aliphatic rings. The normalized spacial score (nSPS) is 15.1. The van der Waals surface area contributed by atoms with Crippen molar-refractivity contribution in [2.75, 3.05) is 7.11 Å². The molecule has 2 heteroatoms. The lowest BCUT2D eigenvalue weighted by molar-refractivity contribution is 0.414. The molecule has 2 aromatic rings. The average Bonchev–Trinajstić information content (AvgIpc) is 3.35. The summed E-state index contributed by atoms with van der Waals surface area (Å²) in [6.45, 7) is 0.693. The van der Waals surface area contributed by atoms with Gasteiger partial charge in [-0.25, -0.2) is 0 Å². The Kier molecular flexibility index (Phi) is 4.25. The largest absolute Gasteiger partial charge is 0.497 e. The number of hydrogen-bond acceptors (Lipinski definition) is 2. The Labute approximate surface area is 131 Å². The molecule has 3 rings (SSSR count). The molecule has 22 heavy (non-hydrogen) atoms. The number of methoxy groups -OCH3 is 1. The van der Waals surface area contributed by atoms with E-state index in [0.29, 0.717) is 6.54 Å². The first-order valence-corrected chi connectivity index (χ1v) is 7.52. The van der Waals surface area contributed by atoms with E-state index in [1.165, 1.54) is 5.56 Å². The number of benzene rings is 2. The number of nitrogens with zero attached hydrogens (tertiary/aromatic N) is 1. The molecule has 2 aromatic carbocycles. The van der Waals surface area contributed by atoms with Gasteiger partial charge in [-0.2, -0.15) is 0 Å². The molecule has 1 saturated carbocycles. The van der Waals surface area contributed by atoms with Crippen molar-refractivity contribution in [1.82, 2.24) is 0 Å². The van der Waals surface area contributed by atoms with Crippen LogP contribution in [0.5, 0.6) is 5.75 Å². The Morgan fingerprint density at radius 3 is 2.45 bits per heavy atom. The lowest BCUT2D eigenvalue weighted by Gasteiger charge is -2.01. The summed E-state index contributed by atoms with van der Waals surface area (Å²) < 4.78 is 5.16. The van der Waals surface area contributed by atoms with E-state index in [9.17, 15) is 0 Å². The third-order valence-electron chi connectivity index (χ3n) is 3.79. The van der Waals surface area contributed by atoms with Crippen molar-refractivity contribution in [3.05, 3.63) is 65.7 Å². The molecule has 0 aromatic heterocycles. The number of hydrogen-bond donors (Lipinski definition) is 0. The van der Waals surface area contributed by atoms with Gasteiger partial charge in [-0.1, -0.05) is 42.2 Å². The van der Waals surface area contributed by atoms with E-state index < -0.39 is 0 Å². The summed E-state index contributed by atoms with van der Waals surface area (Å²) in [6.07, 6.45) is 4.26. The van der Waals surface area contributed by atoms with Gasteiger partial charge in [0.05, 0.1) is 19.1 Å². The fourth-order valence-corrected chi connectivity index (χ4v) is 2.20. The van der Waals surface area contributed by atoms with Gasteiger partial charge in [-0.15, -0.1) is 0 Å². The molecule has 0 N–H and O–H groups in total. The van der Waals surface area contributed by atoms with Crippen LogP contribution in [-0.2, 0) is 6.54 Å². The Morgan fingerprint density at radius 2 is 1.82 bits per heavy atom. The van der Waals surface area contributed by atoms with Gasteiger partial charge >= 0.3 is 0 Å². The fraction of sp³-hybridized carbons (Fsp3) is 0.250. The van der Waals surface area contributed by atoms with Crippen LogP contribution in [0.1, 0.15) is 24.0 Å². The highest BCUT2D eigenvalue weighted by Crippen LogP contribution is 2.43. The average molecular weight is 289 g/mol. The molecular weight excluding hydrogens is 270 g/mol. The SMILES string of the molecule is COc1ccc(CN=CC2(C#Cc3ccccc3)CC2)cc1. The predicted octanol–water partition coefficient (Wildman–Crippen LogP) is 4.10. The van der Waals surface area contributed by atoms with E-state index in [0.717, 1.165) is 24.2 Å². The van der Waals surface area contributed by atoms with Crippen molar-refractivity contribution in [1.29, 1.82) is 0 Å². The molecule has 0 unspecified atom stereocenters. The molecule has 0 atom stereocenters. The first-order valence-electron chi connectivity index (χ1n) is 7.52. The Morgan fingerprint density at radius 1 is 1.09 bits per heavy atom. The van der Waals surface area contributed by atoms with Crippen molar-refractivity contribution in [3.8, 4) is 17.6 Å². The Balaban J connectivity index is 1.61. The van der Waals surface area contributed by atoms with Gasteiger partial charge in [-0.3, -0.25) is 4.99 Å². The monoisotopic (exact) mass is 289 g/mol. The Bertz CT molecular complexity index is 701. The van der Waals surface area contributed by atoms with Crippen LogP contribution in [-0.4, -0.2) is 13.3 Å². The minimum Gasteiger partial charge on any atom is -0.497 e. The van der Waals surface area contributed by atoms with Crippen LogP contribution >= 0.6 is 0 Å². The summed E-state index contributed by atoms with van der Waals surface area (Å²) in [6, 6.07) is 18.1. The molecule has 0 amide bonds. The van der Waals surface area contributed by atoms with Crippen LogP contribution < -0.4 is 4.74 Å². The summed E-state index contributed by atoms with van der Waals surface area (Å²) in [4.78, 5) is 4.58. The van der Waals surface area contributed by atoms with E-state index in [1.54, 1.807) is 7.11 Å². The van der Waals surface area contributed by atoms with Crippen LogP contribution in [0.2, 0.25) is 0 Å². The third-order valence-corrected chi connectivity index (χ3v) is 3.79. The smallest absolute Gasteiger partial charge is 0.118 e. The summed E-state index contributed by atoms with van der Waals surface area (Å²) in [5.74, 6) is 7.50. The second-order valence-electron chi connectivity index (χ2n) is 5.59. The van der Waals surface area contributed by atoms with Gasteiger partial charge in [0.1, 0.15) is 5.75 Å². The zero-order valence-corrected chi connectivity index (χ0v) is 12.8. The molecule has 0 saturated heterocycles. The minimum atomic E-state index is 0.00229. The van der Waals surface area contributed by atoms with Crippen LogP contribution in [0.4, 0.5) is 0 Å². The molecule has 0 aliphatic heterocycles. The zero-order valence-electron chi connectivity index (χ0n) is 12.8. The maximum Gasteiger partial charge on any atom is 0.118 e. The molecule has 1 fully saturated rings. The lowest BCUT2D eigenvalue weighted by Crippen LogP contribution is -1.98. The predicted molar refractivity (Wildman–Crippen MR) is 90.2 cm³/mol. The van der Waals surface area contributed by atoms with E-state index in [-0.39, 0.29) is 5.41 Å². The van der Waals surface area contributed by atoms with E-state index in [2.05, 4.69) is 16.8 Å². The van der Waals surface area contributed by atoms with Gasteiger partial charge in [-0.05, 0) is 42.7 Å². The van der Waals surface area contributed by atoms with Crippen LogP contribution in [0, 0.1) is 17.3 Å².